The Labute approximate surface area is 452 Å². The zero-order valence-corrected chi connectivity index (χ0v) is 48.1. The third-order valence-electron chi connectivity index (χ3n) is 13.3. The van der Waals surface area contributed by atoms with E-state index in [1.54, 1.807) is 0 Å². The molecule has 0 rings (SSSR count). The quantitative estimate of drug-likeness (QED) is 0.0261. The van der Waals surface area contributed by atoms with Crippen LogP contribution < -0.4 is 0 Å². The molecule has 0 aliphatic rings. The Bertz CT molecular complexity index is 1400. The van der Waals surface area contributed by atoms with Gasteiger partial charge in [-0.1, -0.05) is 254 Å². The summed E-state index contributed by atoms with van der Waals surface area (Å²) >= 11 is 0. The maximum atomic E-state index is 12.9. The predicted octanol–water partition coefficient (Wildman–Crippen LogP) is 21.1. The third kappa shape index (κ3) is 59.3. The number of unbranched alkanes of at least 4 members (excludes halogenated alkanes) is 31. The maximum Gasteiger partial charge on any atom is 0.306 e. The largest absolute Gasteiger partial charge is 0.462 e. The first-order valence-electron chi connectivity index (χ1n) is 31.1. The predicted molar refractivity (Wildman–Crippen MR) is 316 cm³/mol. The summed E-state index contributed by atoms with van der Waals surface area (Å²) in [6.45, 7) is 6.56. The van der Waals surface area contributed by atoms with Crippen molar-refractivity contribution in [2.75, 3.05) is 13.2 Å². The van der Waals surface area contributed by atoms with E-state index in [0.717, 1.165) is 83.5 Å². The Morgan fingerprint density at radius 3 is 0.863 bits per heavy atom. The van der Waals surface area contributed by atoms with E-state index in [9.17, 15) is 14.4 Å². The van der Waals surface area contributed by atoms with Crippen molar-refractivity contribution < 1.29 is 28.6 Å². The Morgan fingerprint density at radius 1 is 0.274 bits per heavy atom. The van der Waals surface area contributed by atoms with Crippen LogP contribution in [0.25, 0.3) is 0 Å². The first kappa shape index (κ1) is 69.6. The number of carbonyl (C=O) groups excluding carboxylic acids is 3. The van der Waals surface area contributed by atoms with Gasteiger partial charge in [0, 0.05) is 19.3 Å². The van der Waals surface area contributed by atoms with Gasteiger partial charge in [-0.15, -0.1) is 0 Å². The van der Waals surface area contributed by atoms with Crippen molar-refractivity contribution >= 4 is 17.9 Å². The van der Waals surface area contributed by atoms with Crippen molar-refractivity contribution in [3.8, 4) is 0 Å². The zero-order chi connectivity index (χ0) is 52.9. The molecule has 0 N–H and O–H groups in total. The summed E-state index contributed by atoms with van der Waals surface area (Å²) in [7, 11) is 0. The van der Waals surface area contributed by atoms with E-state index >= 15 is 0 Å². The van der Waals surface area contributed by atoms with E-state index in [2.05, 4.69) is 106 Å². The van der Waals surface area contributed by atoms with Crippen molar-refractivity contribution in [1.82, 2.24) is 0 Å². The molecule has 0 aromatic carbocycles. The van der Waals surface area contributed by atoms with E-state index in [-0.39, 0.29) is 37.5 Å². The van der Waals surface area contributed by atoms with Crippen molar-refractivity contribution in [2.45, 2.75) is 309 Å². The van der Waals surface area contributed by atoms with Crippen molar-refractivity contribution in [3.63, 3.8) is 0 Å². The highest BCUT2D eigenvalue weighted by Gasteiger charge is 2.19. The first-order valence-corrected chi connectivity index (χ1v) is 31.1. The lowest BCUT2D eigenvalue weighted by Crippen LogP contribution is -2.30. The van der Waals surface area contributed by atoms with Crippen molar-refractivity contribution in [2.24, 2.45) is 0 Å². The summed E-state index contributed by atoms with van der Waals surface area (Å²) in [5.41, 5.74) is 0. The van der Waals surface area contributed by atoms with Crippen LogP contribution >= 0.6 is 0 Å². The number of carbonyl (C=O) groups is 3. The van der Waals surface area contributed by atoms with Gasteiger partial charge >= 0.3 is 17.9 Å². The molecule has 6 heteroatoms. The van der Waals surface area contributed by atoms with Gasteiger partial charge in [-0.2, -0.15) is 0 Å². The first-order chi connectivity index (χ1) is 36.0. The number of allylic oxidation sites excluding steroid dienone is 14. The van der Waals surface area contributed by atoms with E-state index in [0.29, 0.717) is 19.3 Å². The van der Waals surface area contributed by atoms with E-state index in [4.69, 9.17) is 14.2 Å². The highest BCUT2D eigenvalue weighted by molar-refractivity contribution is 5.71. The maximum absolute atomic E-state index is 12.9. The molecule has 0 fully saturated rings. The fourth-order valence-electron chi connectivity index (χ4n) is 8.64. The lowest BCUT2D eigenvalue weighted by Gasteiger charge is -2.18. The van der Waals surface area contributed by atoms with E-state index in [1.807, 2.05) is 0 Å². The smallest absolute Gasteiger partial charge is 0.306 e. The Morgan fingerprint density at radius 2 is 0.507 bits per heavy atom. The Hall–Kier alpha value is -3.41. The molecule has 0 bridgehead atoms. The minimum Gasteiger partial charge on any atom is -0.462 e. The Kier molecular flexibility index (Phi) is 58.3. The molecule has 0 radical (unpaired) electrons. The van der Waals surface area contributed by atoms with Crippen LogP contribution in [0, 0.1) is 0 Å². The van der Waals surface area contributed by atoms with Gasteiger partial charge in [0.05, 0.1) is 0 Å². The van der Waals surface area contributed by atoms with Gasteiger partial charge in [0.1, 0.15) is 13.2 Å². The van der Waals surface area contributed by atoms with Gasteiger partial charge in [0.25, 0.3) is 0 Å². The highest BCUT2D eigenvalue weighted by Crippen LogP contribution is 2.15. The second-order valence-electron chi connectivity index (χ2n) is 20.6. The minimum absolute atomic E-state index is 0.101. The summed E-state index contributed by atoms with van der Waals surface area (Å²) in [4.78, 5) is 38.2. The standard InChI is InChI=1S/C67H116O6/c1-4-7-10-13-16-19-22-25-28-31-32-33-34-37-39-42-45-48-51-54-57-60-66(69)72-63-64(73-67(70)61-58-55-52-49-46-43-40-36-30-27-24-21-18-15-12-9-6-3)62-71-65(68)59-56-53-50-47-44-41-38-35-29-26-23-20-17-14-11-8-5-2/h18,21,25-30,38,40-41,43,47,50,64H,4-17,19-20,22-24,31-37,39,42,44-46,48-49,51-63H2,1-3H3/b21-18-,28-25-,29-26-,30-27-,41-38-,43-40-,50-47-/t64-/m0/s1. The molecule has 1 atom stereocenters. The van der Waals surface area contributed by atoms with Gasteiger partial charge in [0.15, 0.2) is 6.10 Å². The van der Waals surface area contributed by atoms with Crippen LogP contribution in [0.15, 0.2) is 85.1 Å². The summed E-state index contributed by atoms with van der Waals surface area (Å²) in [6.07, 6.45) is 80.1. The average Bonchev–Trinajstić information content (AvgIpc) is 3.39. The molecule has 0 spiro atoms. The molecular formula is C67H116O6. The average molecular weight is 1020 g/mol. The summed E-state index contributed by atoms with van der Waals surface area (Å²) in [5, 5.41) is 0. The van der Waals surface area contributed by atoms with Crippen LogP contribution in [-0.4, -0.2) is 37.2 Å². The summed E-state index contributed by atoms with van der Waals surface area (Å²) in [6, 6.07) is 0. The molecule has 0 heterocycles. The number of hydrogen-bond donors (Lipinski definition) is 0. The second-order valence-corrected chi connectivity index (χ2v) is 20.6. The molecule has 0 aromatic rings. The van der Waals surface area contributed by atoms with Crippen LogP contribution in [0.5, 0.6) is 0 Å². The van der Waals surface area contributed by atoms with Gasteiger partial charge in [-0.3, -0.25) is 14.4 Å². The fourth-order valence-corrected chi connectivity index (χ4v) is 8.64. The topological polar surface area (TPSA) is 78.9 Å². The summed E-state index contributed by atoms with van der Waals surface area (Å²) in [5.74, 6) is -0.969. The van der Waals surface area contributed by atoms with E-state index < -0.39 is 6.10 Å². The van der Waals surface area contributed by atoms with Crippen LogP contribution in [0.1, 0.15) is 303 Å². The van der Waals surface area contributed by atoms with Crippen molar-refractivity contribution in [3.05, 3.63) is 85.1 Å². The number of ether oxygens (including phenoxy) is 3. The van der Waals surface area contributed by atoms with Crippen LogP contribution in [-0.2, 0) is 28.6 Å². The molecular weight excluding hydrogens is 901 g/mol. The fraction of sp³-hybridized carbons (Fsp3) is 0.746. The van der Waals surface area contributed by atoms with E-state index in [1.165, 1.54) is 173 Å². The van der Waals surface area contributed by atoms with Gasteiger partial charge in [-0.25, -0.2) is 0 Å². The van der Waals surface area contributed by atoms with Crippen molar-refractivity contribution in [1.29, 1.82) is 0 Å². The lowest BCUT2D eigenvalue weighted by atomic mass is 10.0. The molecule has 6 nitrogen and oxygen atoms in total. The SMILES string of the molecule is CCCCC/C=C\C/C=C\C/C=C\CCCCCCC(=O)O[C@@H](COC(=O)CCC/C=C\C/C=C\C/C=C\CCCCCCCC)COC(=O)CCCCCCCCCCCCC/C=C\CCCCCCCC. The second kappa shape index (κ2) is 61.1. The number of rotatable bonds is 56. The zero-order valence-electron chi connectivity index (χ0n) is 48.1. The molecule has 0 aromatic heterocycles. The molecule has 0 saturated heterocycles. The highest BCUT2D eigenvalue weighted by atomic mass is 16.6. The normalized spacial score (nSPS) is 12.6. The molecule has 73 heavy (non-hydrogen) atoms. The minimum atomic E-state index is -0.810. The lowest BCUT2D eigenvalue weighted by molar-refractivity contribution is -0.167. The molecule has 0 amide bonds. The van der Waals surface area contributed by atoms with Crippen LogP contribution in [0.2, 0.25) is 0 Å². The monoisotopic (exact) mass is 1020 g/mol. The van der Waals surface area contributed by atoms with Gasteiger partial charge < -0.3 is 14.2 Å². The molecule has 0 aliphatic carbocycles. The van der Waals surface area contributed by atoms with Gasteiger partial charge in [0.2, 0.25) is 0 Å². The number of esters is 3. The Balaban J connectivity index is 4.45. The third-order valence-corrected chi connectivity index (χ3v) is 13.3. The summed E-state index contributed by atoms with van der Waals surface area (Å²) < 4.78 is 16.9. The van der Waals surface area contributed by atoms with Crippen LogP contribution in [0.4, 0.5) is 0 Å². The molecule has 0 saturated carbocycles. The van der Waals surface area contributed by atoms with Gasteiger partial charge in [-0.05, 0) is 116 Å². The number of hydrogen-bond acceptors (Lipinski definition) is 6. The molecule has 420 valence electrons. The molecule has 0 unspecified atom stereocenters. The van der Waals surface area contributed by atoms with Crippen LogP contribution in [0.3, 0.4) is 0 Å². The molecule has 0 aliphatic heterocycles.